The average Bonchev–Trinajstić information content (AvgIpc) is 2.65. The summed E-state index contributed by atoms with van der Waals surface area (Å²) in [5.74, 6) is 0.794. The van der Waals surface area contributed by atoms with Crippen molar-refractivity contribution >= 4 is 0 Å². The Morgan fingerprint density at radius 3 is 3.00 bits per heavy atom. The molecule has 1 aromatic heterocycles. The summed E-state index contributed by atoms with van der Waals surface area (Å²) in [6.45, 7) is 2.72. The lowest BCUT2D eigenvalue weighted by Crippen LogP contribution is -2.46. The van der Waals surface area contributed by atoms with E-state index in [1.165, 1.54) is 6.33 Å². The molecule has 2 unspecified atom stereocenters. The van der Waals surface area contributed by atoms with E-state index in [2.05, 4.69) is 10.1 Å². The van der Waals surface area contributed by atoms with Gasteiger partial charge in [0.05, 0.1) is 11.7 Å². The summed E-state index contributed by atoms with van der Waals surface area (Å²) >= 11 is 0. The molecule has 16 heavy (non-hydrogen) atoms. The Labute approximate surface area is 95.4 Å². The minimum absolute atomic E-state index is 0.426. The maximum absolute atomic E-state index is 10.2. The van der Waals surface area contributed by atoms with E-state index in [1.807, 2.05) is 14.0 Å². The van der Waals surface area contributed by atoms with Crippen LogP contribution in [0.1, 0.15) is 32.0 Å². The predicted octanol–water partition coefficient (Wildman–Crippen LogP) is 0.678. The van der Waals surface area contributed by atoms with Crippen molar-refractivity contribution in [1.82, 2.24) is 14.8 Å². The number of hydrogen-bond donors (Lipinski definition) is 1. The highest BCUT2D eigenvalue weighted by molar-refractivity contribution is 4.95. The van der Waals surface area contributed by atoms with Gasteiger partial charge in [0.2, 0.25) is 0 Å². The van der Waals surface area contributed by atoms with Crippen molar-refractivity contribution in [3.8, 4) is 0 Å². The van der Waals surface area contributed by atoms with Gasteiger partial charge < -0.3 is 9.84 Å². The first-order chi connectivity index (χ1) is 7.62. The minimum Gasteiger partial charge on any atom is -0.390 e. The average molecular weight is 225 g/mol. The molecule has 0 saturated carbocycles. The summed E-state index contributed by atoms with van der Waals surface area (Å²) in [4.78, 5) is 4.12. The maximum atomic E-state index is 10.2. The zero-order valence-electron chi connectivity index (χ0n) is 9.89. The Bertz CT molecular complexity index is 345. The molecule has 1 aliphatic heterocycles. The third kappa shape index (κ3) is 2.25. The molecule has 0 bridgehead atoms. The number of hydrogen-bond acceptors (Lipinski definition) is 4. The molecule has 1 fully saturated rings. The van der Waals surface area contributed by atoms with Gasteiger partial charge in [-0.05, 0) is 26.2 Å². The van der Waals surface area contributed by atoms with Crippen LogP contribution in [0.15, 0.2) is 6.33 Å². The molecule has 1 saturated heterocycles. The molecular weight excluding hydrogens is 206 g/mol. The van der Waals surface area contributed by atoms with Crippen LogP contribution in [-0.2, 0) is 18.2 Å². The Morgan fingerprint density at radius 2 is 2.44 bits per heavy atom. The standard InChI is InChI=1S/C11H19N3O2/c1-11(5-3-4-6-16-11)9(15)7-10-12-8-13-14(10)2/h8-9,15H,3-7H2,1-2H3. The first kappa shape index (κ1) is 11.5. The highest BCUT2D eigenvalue weighted by atomic mass is 16.5. The van der Waals surface area contributed by atoms with Crippen LogP contribution >= 0.6 is 0 Å². The van der Waals surface area contributed by atoms with E-state index in [0.717, 1.165) is 31.7 Å². The molecule has 2 atom stereocenters. The van der Waals surface area contributed by atoms with Crippen molar-refractivity contribution in [2.75, 3.05) is 6.61 Å². The SMILES string of the molecule is Cn1ncnc1CC(O)C1(C)CCCCO1. The first-order valence-electron chi connectivity index (χ1n) is 5.77. The molecule has 5 nitrogen and oxygen atoms in total. The fourth-order valence-electron chi connectivity index (χ4n) is 2.11. The lowest BCUT2D eigenvalue weighted by molar-refractivity contribution is -0.136. The topological polar surface area (TPSA) is 60.2 Å². The molecular formula is C11H19N3O2. The normalized spacial score (nSPS) is 27.9. The number of rotatable bonds is 3. The number of aliphatic hydroxyl groups is 1. The second-order valence-electron chi connectivity index (χ2n) is 4.64. The van der Waals surface area contributed by atoms with Gasteiger partial charge >= 0.3 is 0 Å². The van der Waals surface area contributed by atoms with E-state index < -0.39 is 11.7 Å². The molecule has 5 heteroatoms. The highest BCUT2D eigenvalue weighted by Gasteiger charge is 2.36. The third-order valence-electron chi connectivity index (χ3n) is 3.39. The Hall–Kier alpha value is -0.940. The smallest absolute Gasteiger partial charge is 0.138 e. The van der Waals surface area contributed by atoms with Crippen molar-refractivity contribution in [1.29, 1.82) is 0 Å². The van der Waals surface area contributed by atoms with Gasteiger partial charge in [0, 0.05) is 20.1 Å². The van der Waals surface area contributed by atoms with Crippen LogP contribution in [0.25, 0.3) is 0 Å². The summed E-state index contributed by atoms with van der Waals surface area (Å²) in [5, 5.41) is 14.2. The molecule has 0 aromatic carbocycles. The van der Waals surface area contributed by atoms with Gasteiger partial charge in [0.1, 0.15) is 12.2 Å². The van der Waals surface area contributed by atoms with Crippen molar-refractivity contribution in [3.63, 3.8) is 0 Å². The number of nitrogens with zero attached hydrogens (tertiary/aromatic N) is 3. The van der Waals surface area contributed by atoms with Gasteiger partial charge in [-0.25, -0.2) is 4.98 Å². The number of aromatic nitrogens is 3. The van der Waals surface area contributed by atoms with Crippen molar-refractivity contribution in [2.24, 2.45) is 7.05 Å². The summed E-state index contributed by atoms with van der Waals surface area (Å²) in [7, 11) is 1.83. The first-order valence-corrected chi connectivity index (χ1v) is 5.77. The second kappa shape index (κ2) is 4.51. The molecule has 1 aromatic rings. The van der Waals surface area contributed by atoms with Crippen LogP contribution in [0.4, 0.5) is 0 Å². The van der Waals surface area contributed by atoms with Gasteiger partial charge in [0.15, 0.2) is 0 Å². The van der Waals surface area contributed by atoms with E-state index in [1.54, 1.807) is 4.68 Å². The largest absolute Gasteiger partial charge is 0.390 e. The summed E-state index contributed by atoms with van der Waals surface area (Å²) < 4.78 is 7.40. The lowest BCUT2D eigenvalue weighted by Gasteiger charge is -2.37. The Morgan fingerprint density at radius 1 is 1.62 bits per heavy atom. The molecule has 2 rings (SSSR count). The van der Waals surface area contributed by atoms with Crippen LogP contribution in [-0.4, -0.2) is 38.2 Å². The number of aliphatic hydroxyl groups excluding tert-OH is 1. The summed E-state index contributed by atoms with van der Waals surface area (Å²) in [6, 6.07) is 0. The number of aryl methyl sites for hydroxylation is 1. The van der Waals surface area contributed by atoms with Crippen LogP contribution in [0.3, 0.4) is 0 Å². The van der Waals surface area contributed by atoms with Crippen molar-refractivity contribution < 1.29 is 9.84 Å². The van der Waals surface area contributed by atoms with E-state index in [4.69, 9.17) is 4.74 Å². The van der Waals surface area contributed by atoms with E-state index in [9.17, 15) is 5.11 Å². The molecule has 90 valence electrons. The zero-order chi connectivity index (χ0) is 11.6. The zero-order valence-corrected chi connectivity index (χ0v) is 9.89. The lowest BCUT2D eigenvalue weighted by atomic mass is 9.88. The third-order valence-corrected chi connectivity index (χ3v) is 3.39. The molecule has 0 aliphatic carbocycles. The van der Waals surface area contributed by atoms with E-state index in [-0.39, 0.29) is 0 Å². The van der Waals surface area contributed by atoms with Crippen LogP contribution < -0.4 is 0 Å². The Kier molecular flexibility index (Phi) is 3.25. The fourth-order valence-corrected chi connectivity index (χ4v) is 2.11. The van der Waals surface area contributed by atoms with E-state index >= 15 is 0 Å². The number of ether oxygens (including phenoxy) is 1. The predicted molar refractivity (Wildman–Crippen MR) is 58.9 cm³/mol. The summed E-state index contributed by atoms with van der Waals surface area (Å²) in [6.07, 6.45) is 4.60. The van der Waals surface area contributed by atoms with E-state index in [0.29, 0.717) is 6.42 Å². The van der Waals surface area contributed by atoms with Crippen molar-refractivity contribution in [3.05, 3.63) is 12.2 Å². The van der Waals surface area contributed by atoms with Gasteiger partial charge in [0.25, 0.3) is 0 Å². The van der Waals surface area contributed by atoms with Gasteiger partial charge in [-0.3, -0.25) is 4.68 Å². The fraction of sp³-hybridized carbons (Fsp3) is 0.818. The monoisotopic (exact) mass is 225 g/mol. The highest BCUT2D eigenvalue weighted by Crippen LogP contribution is 2.29. The Balaban J connectivity index is 2.01. The second-order valence-corrected chi connectivity index (χ2v) is 4.64. The molecule has 2 heterocycles. The van der Waals surface area contributed by atoms with Crippen LogP contribution in [0.5, 0.6) is 0 Å². The molecule has 0 spiro atoms. The molecule has 1 N–H and O–H groups in total. The van der Waals surface area contributed by atoms with Gasteiger partial charge in [-0.15, -0.1) is 0 Å². The quantitative estimate of drug-likeness (QED) is 0.821. The van der Waals surface area contributed by atoms with Gasteiger partial charge in [-0.1, -0.05) is 0 Å². The molecule has 0 radical (unpaired) electrons. The van der Waals surface area contributed by atoms with Gasteiger partial charge in [-0.2, -0.15) is 5.10 Å². The molecule has 0 amide bonds. The van der Waals surface area contributed by atoms with Crippen molar-refractivity contribution in [2.45, 2.75) is 44.3 Å². The minimum atomic E-state index is -0.518. The maximum Gasteiger partial charge on any atom is 0.138 e. The van der Waals surface area contributed by atoms with Crippen LogP contribution in [0.2, 0.25) is 0 Å². The summed E-state index contributed by atoms with van der Waals surface area (Å²) in [5.41, 5.74) is -0.426. The molecule has 1 aliphatic rings. The van der Waals surface area contributed by atoms with Crippen LogP contribution in [0, 0.1) is 0 Å².